The van der Waals surface area contributed by atoms with Gasteiger partial charge in [-0.25, -0.2) is 9.99 Å². The molecule has 2 aromatic carbocycles. The van der Waals surface area contributed by atoms with E-state index in [-0.39, 0.29) is 17.7 Å². The van der Waals surface area contributed by atoms with Crippen LogP contribution in [0.3, 0.4) is 0 Å². The Bertz CT molecular complexity index is 1880. The molecule has 4 heterocycles. The molecule has 1 atom stereocenters. The molecule has 1 saturated carbocycles. The minimum absolute atomic E-state index is 0.0293. The molecule has 0 saturated heterocycles. The molecule has 1 unspecified atom stereocenters. The summed E-state index contributed by atoms with van der Waals surface area (Å²) in [6, 6.07) is 15.5. The molecular formula is C38H41ClN6O3S2. The van der Waals surface area contributed by atoms with Crippen LogP contribution in [-0.2, 0) is 9.59 Å². The Balaban J connectivity index is 0.000000181. The summed E-state index contributed by atoms with van der Waals surface area (Å²) in [6.07, 6.45) is 16.7. The van der Waals surface area contributed by atoms with Gasteiger partial charge in [0, 0.05) is 65.2 Å². The maximum Gasteiger partial charge on any atom is 0.310 e. The summed E-state index contributed by atoms with van der Waals surface area (Å²) in [6.45, 7) is 3.62. The van der Waals surface area contributed by atoms with Gasteiger partial charge in [0.05, 0.1) is 11.1 Å². The van der Waals surface area contributed by atoms with E-state index in [4.69, 9.17) is 16.6 Å². The Hall–Kier alpha value is -4.32. The molecule has 3 aromatic rings. The molecule has 50 heavy (non-hydrogen) atoms. The number of thioether (sulfide) groups is 1. The van der Waals surface area contributed by atoms with E-state index in [1.165, 1.54) is 30.5 Å². The number of aliphatic carboxylic acids is 1. The van der Waals surface area contributed by atoms with Crippen LogP contribution in [0, 0.1) is 5.41 Å². The van der Waals surface area contributed by atoms with Crippen molar-refractivity contribution in [3.8, 4) is 0 Å². The number of anilines is 1. The van der Waals surface area contributed by atoms with Crippen LogP contribution in [-0.4, -0.2) is 55.5 Å². The van der Waals surface area contributed by atoms with Crippen LogP contribution in [0.5, 0.6) is 0 Å². The first-order chi connectivity index (χ1) is 24.2. The fourth-order valence-corrected chi connectivity index (χ4v) is 8.13. The maximum absolute atomic E-state index is 12.4. The minimum Gasteiger partial charge on any atom is -0.481 e. The molecule has 12 heteroatoms. The molecule has 1 amide bonds. The molecule has 0 spiro atoms. The van der Waals surface area contributed by atoms with Gasteiger partial charge in [-0.05, 0) is 60.9 Å². The van der Waals surface area contributed by atoms with E-state index in [0.29, 0.717) is 24.4 Å². The van der Waals surface area contributed by atoms with Gasteiger partial charge in [0.15, 0.2) is 5.82 Å². The topological polar surface area (TPSA) is 101 Å². The molecule has 0 radical (unpaired) electrons. The summed E-state index contributed by atoms with van der Waals surface area (Å²) in [7, 11) is 1.94. The first kappa shape index (κ1) is 35.5. The predicted octanol–water partition coefficient (Wildman–Crippen LogP) is 9.33. The molecule has 260 valence electrons. The van der Waals surface area contributed by atoms with Gasteiger partial charge in [0.2, 0.25) is 5.91 Å². The SMILES string of the molecule is CCC(CC)(CC(=O)Nc1cccc(/C=C/c2nc(C3CCC3)cs2)c1)C(=O)O.CN1N=CN2C=C(c3ccccc3Cl)C3SC=CN3C=C21. The highest BCUT2D eigenvalue weighted by atomic mass is 35.5. The number of carboxylic acids is 1. The Morgan fingerprint density at radius 3 is 2.62 bits per heavy atom. The number of hydrazone groups is 1. The Labute approximate surface area is 306 Å². The monoisotopic (exact) mass is 728 g/mol. The summed E-state index contributed by atoms with van der Waals surface area (Å²) < 4.78 is 0. The van der Waals surface area contributed by atoms with Crippen molar-refractivity contribution in [1.29, 1.82) is 0 Å². The molecule has 3 aliphatic heterocycles. The van der Waals surface area contributed by atoms with Gasteiger partial charge >= 0.3 is 5.97 Å². The fraction of sp³-hybridized carbons (Fsp3) is 0.316. The number of amides is 1. The zero-order chi connectivity index (χ0) is 35.3. The number of aromatic nitrogens is 1. The van der Waals surface area contributed by atoms with Crippen LogP contribution in [0.1, 0.15) is 80.1 Å². The second-order valence-corrected chi connectivity index (χ2v) is 14.9. The molecule has 4 aliphatic rings. The van der Waals surface area contributed by atoms with Crippen molar-refractivity contribution in [2.75, 3.05) is 12.4 Å². The second-order valence-electron chi connectivity index (χ2n) is 12.6. The summed E-state index contributed by atoms with van der Waals surface area (Å²) >= 11 is 9.83. The number of hydrogen-bond donors (Lipinski definition) is 2. The average Bonchev–Trinajstić information content (AvgIpc) is 3.81. The number of carbonyl (C=O) groups is 2. The molecule has 7 rings (SSSR count). The van der Waals surface area contributed by atoms with Gasteiger partial charge in [-0.2, -0.15) is 5.10 Å². The third-order valence-electron chi connectivity index (χ3n) is 9.61. The van der Waals surface area contributed by atoms with Crippen LogP contribution in [0.4, 0.5) is 5.69 Å². The van der Waals surface area contributed by atoms with E-state index in [9.17, 15) is 14.7 Å². The van der Waals surface area contributed by atoms with Crippen molar-refractivity contribution in [2.24, 2.45) is 10.5 Å². The van der Waals surface area contributed by atoms with Gasteiger partial charge in [0.1, 0.15) is 16.7 Å². The van der Waals surface area contributed by atoms with Crippen LogP contribution in [0.15, 0.2) is 88.8 Å². The number of carboxylic acid groups (broad SMARTS) is 1. The minimum atomic E-state index is -1.01. The highest BCUT2D eigenvalue weighted by Crippen LogP contribution is 2.42. The zero-order valence-corrected chi connectivity index (χ0v) is 30.7. The number of hydrogen-bond acceptors (Lipinski definition) is 9. The van der Waals surface area contributed by atoms with E-state index < -0.39 is 11.4 Å². The second kappa shape index (κ2) is 15.7. The highest BCUT2D eigenvalue weighted by molar-refractivity contribution is 8.03. The lowest BCUT2D eigenvalue weighted by atomic mass is 9.79. The highest BCUT2D eigenvalue weighted by Gasteiger charge is 2.37. The van der Waals surface area contributed by atoms with Gasteiger partial charge < -0.3 is 15.3 Å². The quantitative estimate of drug-likeness (QED) is 0.213. The summed E-state index contributed by atoms with van der Waals surface area (Å²) in [5.74, 6) is 0.464. The van der Waals surface area contributed by atoms with E-state index in [1.54, 1.807) is 23.1 Å². The molecular weight excluding hydrogens is 688 g/mol. The van der Waals surface area contributed by atoms with Crippen molar-refractivity contribution >= 4 is 76.3 Å². The summed E-state index contributed by atoms with van der Waals surface area (Å²) in [5.41, 5.74) is 4.05. The van der Waals surface area contributed by atoms with Crippen LogP contribution in [0.2, 0.25) is 5.02 Å². The number of rotatable bonds is 10. The molecule has 1 aromatic heterocycles. The number of thiazole rings is 1. The Morgan fingerprint density at radius 1 is 1.10 bits per heavy atom. The average molecular weight is 729 g/mol. The van der Waals surface area contributed by atoms with Crippen molar-refractivity contribution in [2.45, 2.75) is 63.7 Å². The summed E-state index contributed by atoms with van der Waals surface area (Å²) in [4.78, 5) is 33.0. The molecule has 0 bridgehead atoms. The van der Waals surface area contributed by atoms with Crippen molar-refractivity contribution in [3.05, 3.63) is 111 Å². The van der Waals surface area contributed by atoms with Gasteiger partial charge in [-0.1, -0.05) is 68.3 Å². The van der Waals surface area contributed by atoms with E-state index in [1.807, 2.05) is 91.8 Å². The smallest absolute Gasteiger partial charge is 0.310 e. The van der Waals surface area contributed by atoms with Crippen LogP contribution < -0.4 is 5.32 Å². The first-order valence-corrected chi connectivity index (χ1v) is 19.0. The number of carbonyl (C=O) groups excluding carboxylic acids is 1. The zero-order valence-electron chi connectivity index (χ0n) is 28.3. The van der Waals surface area contributed by atoms with Gasteiger partial charge in [-0.3, -0.25) is 14.5 Å². The number of benzene rings is 2. The van der Waals surface area contributed by atoms with E-state index in [2.05, 4.69) is 50.8 Å². The van der Waals surface area contributed by atoms with Crippen LogP contribution >= 0.6 is 34.7 Å². The molecule has 1 fully saturated rings. The van der Waals surface area contributed by atoms with Crippen molar-refractivity contribution in [1.82, 2.24) is 19.8 Å². The van der Waals surface area contributed by atoms with Crippen LogP contribution in [0.25, 0.3) is 17.7 Å². The van der Waals surface area contributed by atoms with E-state index in [0.717, 1.165) is 27.0 Å². The standard InChI is InChI=1S/C23H28N2O3S.C15H13ClN4S/c1-3-23(4-2,22(27)28)14-20(26)24-18-10-5-7-16(13-18)11-12-21-25-19(15-29-21)17-8-6-9-17;1-18-14-9-19-6-7-21-15(19)12(8-20(14)10-17-18)11-4-2-3-5-13(11)16/h5,7,10-13,15,17H,3-4,6,8-9,14H2,1-2H3,(H,24,26)(H,27,28);2-10,15H,1H3/b12-11+;. The van der Waals surface area contributed by atoms with Gasteiger partial charge in [-0.15, -0.1) is 23.1 Å². The number of fused-ring (bicyclic) bond motifs is 2. The third-order valence-corrected chi connectivity index (χ3v) is 11.8. The number of halogens is 1. The summed E-state index contributed by atoms with van der Waals surface area (Å²) in [5, 5.41) is 24.8. The molecule has 1 aliphatic carbocycles. The lowest BCUT2D eigenvalue weighted by Crippen LogP contribution is -2.34. The maximum atomic E-state index is 12.4. The normalized spacial score (nSPS) is 18.2. The molecule has 2 N–H and O–H groups in total. The lowest BCUT2D eigenvalue weighted by molar-refractivity contribution is -0.151. The third kappa shape index (κ3) is 7.85. The lowest BCUT2D eigenvalue weighted by Gasteiger charge is -2.25. The van der Waals surface area contributed by atoms with Crippen molar-refractivity contribution in [3.63, 3.8) is 0 Å². The van der Waals surface area contributed by atoms with E-state index >= 15 is 0 Å². The molecule has 9 nitrogen and oxygen atoms in total. The Morgan fingerprint density at radius 2 is 1.90 bits per heavy atom. The number of nitrogens with one attached hydrogen (secondary N) is 1. The number of nitrogens with zero attached hydrogens (tertiary/aromatic N) is 5. The van der Waals surface area contributed by atoms with Gasteiger partial charge in [0.25, 0.3) is 0 Å². The fourth-order valence-electron chi connectivity index (χ4n) is 6.13. The largest absolute Gasteiger partial charge is 0.481 e. The first-order valence-electron chi connectivity index (χ1n) is 16.8. The predicted molar refractivity (Wildman–Crippen MR) is 206 cm³/mol. The van der Waals surface area contributed by atoms with Crippen molar-refractivity contribution < 1.29 is 14.7 Å². The Kier molecular flexibility index (Phi) is 11.2.